The highest BCUT2D eigenvalue weighted by atomic mass is 79.9. The van der Waals surface area contributed by atoms with Gasteiger partial charge in [0.05, 0.1) is 11.9 Å². The molecule has 28 heavy (non-hydrogen) atoms. The van der Waals surface area contributed by atoms with Crippen LogP contribution >= 0.6 is 15.9 Å². The number of ether oxygens (including phenoxy) is 2. The number of hydrogen-bond acceptors (Lipinski definition) is 9. The van der Waals surface area contributed by atoms with Gasteiger partial charge < -0.3 is 25.4 Å². The zero-order chi connectivity index (χ0) is 19.8. The van der Waals surface area contributed by atoms with Crippen molar-refractivity contribution in [3.63, 3.8) is 0 Å². The molecule has 3 aromatic rings. The second kappa shape index (κ2) is 7.43. The number of carbonyl (C=O) groups excluding carboxylic acids is 1. The molecule has 1 aliphatic rings. The molecule has 2 aromatic heterocycles. The SMILES string of the molecule is Nc1ncnc2c1ncn2[C@@H]1O[C@H](COC(=O)c2ccc(Br)cc2)[C@@H](O)[C@H]1O. The lowest BCUT2D eigenvalue weighted by atomic mass is 10.1. The quantitative estimate of drug-likeness (QED) is 0.488. The van der Waals surface area contributed by atoms with Crippen LogP contribution in [0.3, 0.4) is 0 Å². The topological polar surface area (TPSA) is 146 Å². The first kappa shape index (κ1) is 18.7. The number of aliphatic hydroxyl groups is 2. The molecule has 0 aliphatic carbocycles. The summed E-state index contributed by atoms with van der Waals surface area (Å²) >= 11 is 3.29. The van der Waals surface area contributed by atoms with Gasteiger partial charge in [0.1, 0.15) is 36.8 Å². The molecule has 146 valence electrons. The molecule has 1 aromatic carbocycles. The van der Waals surface area contributed by atoms with Crippen molar-refractivity contribution in [3.8, 4) is 0 Å². The molecule has 0 amide bonds. The zero-order valence-electron chi connectivity index (χ0n) is 14.3. The molecule has 11 heteroatoms. The van der Waals surface area contributed by atoms with Crippen LogP contribution in [-0.2, 0) is 9.47 Å². The maximum absolute atomic E-state index is 12.1. The van der Waals surface area contributed by atoms with E-state index in [1.54, 1.807) is 24.3 Å². The summed E-state index contributed by atoms with van der Waals surface area (Å²) in [5.74, 6) is -0.369. The van der Waals surface area contributed by atoms with Crippen LogP contribution in [-0.4, -0.2) is 60.6 Å². The van der Waals surface area contributed by atoms with Gasteiger partial charge in [-0.25, -0.2) is 19.7 Å². The van der Waals surface area contributed by atoms with Crippen molar-refractivity contribution < 1.29 is 24.5 Å². The molecule has 0 radical (unpaired) electrons. The number of aliphatic hydroxyl groups excluding tert-OH is 2. The Morgan fingerprint density at radius 3 is 2.71 bits per heavy atom. The minimum absolute atomic E-state index is 0.191. The van der Waals surface area contributed by atoms with Crippen molar-refractivity contribution >= 4 is 38.9 Å². The van der Waals surface area contributed by atoms with Crippen molar-refractivity contribution in [3.05, 3.63) is 47.0 Å². The molecule has 0 saturated carbocycles. The highest BCUT2D eigenvalue weighted by Gasteiger charge is 2.45. The van der Waals surface area contributed by atoms with Crippen molar-refractivity contribution in [1.82, 2.24) is 19.5 Å². The Morgan fingerprint density at radius 1 is 1.21 bits per heavy atom. The fourth-order valence-corrected chi connectivity index (χ4v) is 3.24. The number of halogens is 1. The van der Waals surface area contributed by atoms with E-state index in [2.05, 4.69) is 30.9 Å². The molecule has 3 heterocycles. The molecule has 4 atom stereocenters. The largest absolute Gasteiger partial charge is 0.459 e. The summed E-state index contributed by atoms with van der Waals surface area (Å²) in [5, 5.41) is 20.7. The van der Waals surface area contributed by atoms with Gasteiger partial charge in [-0.05, 0) is 24.3 Å². The Morgan fingerprint density at radius 2 is 1.96 bits per heavy atom. The maximum atomic E-state index is 12.1. The number of nitrogen functional groups attached to an aromatic ring is 1. The van der Waals surface area contributed by atoms with Crippen LogP contribution in [0.1, 0.15) is 16.6 Å². The van der Waals surface area contributed by atoms with E-state index in [9.17, 15) is 15.0 Å². The molecule has 0 spiro atoms. The second-order valence-electron chi connectivity index (χ2n) is 6.23. The number of fused-ring (bicyclic) bond motifs is 1. The number of aromatic nitrogens is 4. The number of hydrogen-bond donors (Lipinski definition) is 3. The molecule has 1 aliphatic heterocycles. The summed E-state index contributed by atoms with van der Waals surface area (Å²) in [7, 11) is 0. The lowest BCUT2D eigenvalue weighted by Gasteiger charge is -2.16. The second-order valence-corrected chi connectivity index (χ2v) is 7.15. The molecule has 0 bridgehead atoms. The van der Waals surface area contributed by atoms with Gasteiger partial charge in [-0.3, -0.25) is 4.57 Å². The third-order valence-corrected chi connectivity index (χ3v) is 4.99. The molecular formula is C17H16BrN5O5. The number of imidazole rings is 1. The number of anilines is 1. The normalized spacial score (nSPS) is 24.5. The Hall–Kier alpha value is -2.60. The predicted octanol–water partition coefficient (Wildman–Crippen LogP) is 0.647. The monoisotopic (exact) mass is 449 g/mol. The number of nitrogens with two attached hydrogens (primary N) is 1. The highest BCUT2D eigenvalue weighted by molar-refractivity contribution is 9.10. The van der Waals surface area contributed by atoms with E-state index in [0.29, 0.717) is 16.7 Å². The fourth-order valence-electron chi connectivity index (χ4n) is 2.98. The summed E-state index contributed by atoms with van der Waals surface area (Å²) in [6.45, 7) is -0.229. The Kier molecular flexibility index (Phi) is 4.98. The van der Waals surface area contributed by atoms with Gasteiger partial charge in [0.2, 0.25) is 0 Å². The lowest BCUT2D eigenvalue weighted by molar-refractivity contribution is -0.0565. The van der Waals surface area contributed by atoms with Crippen LogP contribution in [0.5, 0.6) is 0 Å². The van der Waals surface area contributed by atoms with Crippen LogP contribution in [0.2, 0.25) is 0 Å². The van der Waals surface area contributed by atoms with Crippen molar-refractivity contribution in [1.29, 1.82) is 0 Å². The van der Waals surface area contributed by atoms with E-state index in [1.807, 2.05) is 0 Å². The summed E-state index contributed by atoms with van der Waals surface area (Å²) in [6, 6.07) is 6.65. The molecule has 10 nitrogen and oxygen atoms in total. The van der Waals surface area contributed by atoms with E-state index in [0.717, 1.165) is 4.47 Å². The van der Waals surface area contributed by atoms with E-state index in [-0.39, 0.29) is 12.4 Å². The Bertz CT molecular complexity index is 1010. The van der Waals surface area contributed by atoms with Crippen molar-refractivity contribution in [2.75, 3.05) is 12.3 Å². The number of rotatable bonds is 4. The highest BCUT2D eigenvalue weighted by Crippen LogP contribution is 2.32. The number of benzene rings is 1. The minimum Gasteiger partial charge on any atom is -0.459 e. The van der Waals surface area contributed by atoms with Gasteiger partial charge in [-0.15, -0.1) is 0 Å². The Balaban J connectivity index is 1.47. The lowest BCUT2D eigenvalue weighted by Crippen LogP contribution is -2.34. The van der Waals surface area contributed by atoms with Crippen LogP contribution in [0, 0.1) is 0 Å². The summed E-state index contributed by atoms with van der Waals surface area (Å²) in [6.07, 6.45) is -1.76. The number of nitrogens with zero attached hydrogens (tertiary/aromatic N) is 4. The Labute approximate surface area is 167 Å². The first-order chi connectivity index (χ1) is 13.5. The van der Waals surface area contributed by atoms with Crippen molar-refractivity contribution in [2.45, 2.75) is 24.5 Å². The van der Waals surface area contributed by atoms with E-state index < -0.39 is 30.5 Å². The third kappa shape index (κ3) is 3.33. The summed E-state index contributed by atoms with van der Waals surface area (Å²) in [5.41, 5.74) is 6.84. The molecule has 0 unspecified atom stereocenters. The van der Waals surface area contributed by atoms with Crippen LogP contribution in [0.4, 0.5) is 5.82 Å². The maximum Gasteiger partial charge on any atom is 0.338 e. The average Bonchev–Trinajstić information content (AvgIpc) is 3.23. The van der Waals surface area contributed by atoms with Gasteiger partial charge in [-0.2, -0.15) is 0 Å². The molecule has 4 N–H and O–H groups in total. The van der Waals surface area contributed by atoms with Gasteiger partial charge in [0.25, 0.3) is 0 Å². The van der Waals surface area contributed by atoms with Crippen LogP contribution in [0.25, 0.3) is 11.2 Å². The first-order valence-electron chi connectivity index (χ1n) is 8.33. The molecular weight excluding hydrogens is 434 g/mol. The van der Waals surface area contributed by atoms with Gasteiger partial charge in [0, 0.05) is 4.47 Å². The predicted molar refractivity (Wildman–Crippen MR) is 100 cm³/mol. The number of carbonyl (C=O) groups is 1. The average molecular weight is 450 g/mol. The summed E-state index contributed by atoms with van der Waals surface area (Å²) in [4.78, 5) is 24.2. The van der Waals surface area contributed by atoms with E-state index in [1.165, 1.54) is 17.2 Å². The fraction of sp³-hybridized carbons (Fsp3) is 0.294. The zero-order valence-corrected chi connectivity index (χ0v) is 15.9. The third-order valence-electron chi connectivity index (χ3n) is 4.46. The molecule has 1 saturated heterocycles. The standard InChI is InChI=1S/C17H16BrN5O5/c18-9-3-1-8(2-4-9)17(26)27-5-10-12(24)13(25)16(28-10)23-7-22-11-14(19)20-6-21-15(11)23/h1-4,6-7,10,12-13,16,24-25H,5H2,(H2,19,20,21)/t10-,12-,13-,16-/m1/s1. The van der Waals surface area contributed by atoms with Crippen LogP contribution in [0.15, 0.2) is 41.4 Å². The number of esters is 1. The first-order valence-corrected chi connectivity index (χ1v) is 9.12. The van der Waals surface area contributed by atoms with Crippen LogP contribution < -0.4 is 5.73 Å². The summed E-state index contributed by atoms with van der Waals surface area (Å²) < 4.78 is 13.2. The minimum atomic E-state index is -1.27. The molecule has 4 rings (SSSR count). The van der Waals surface area contributed by atoms with Gasteiger partial charge >= 0.3 is 5.97 Å². The van der Waals surface area contributed by atoms with Gasteiger partial charge in [-0.1, -0.05) is 15.9 Å². The van der Waals surface area contributed by atoms with E-state index >= 15 is 0 Å². The molecule has 1 fully saturated rings. The smallest absolute Gasteiger partial charge is 0.338 e. The van der Waals surface area contributed by atoms with Gasteiger partial charge in [0.15, 0.2) is 17.7 Å². The van der Waals surface area contributed by atoms with E-state index in [4.69, 9.17) is 15.2 Å². The van der Waals surface area contributed by atoms with Crippen molar-refractivity contribution in [2.24, 2.45) is 0 Å².